The van der Waals surface area contributed by atoms with E-state index in [2.05, 4.69) is 47.8 Å². The molecule has 0 aliphatic rings. The van der Waals surface area contributed by atoms with E-state index in [1.807, 2.05) is 81.6 Å². The van der Waals surface area contributed by atoms with Crippen molar-refractivity contribution in [1.82, 2.24) is 9.97 Å². The van der Waals surface area contributed by atoms with Crippen LogP contribution in [0.4, 0.5) is 0 Å². The molecule has 0 bridgehead atoms. The van der Waals surface area contributed by atoms with Gasteiger partial charge in [-0.25, -0.2) is 0 Å². The Morgan fingerprint density at radius 1 is 0.816 bits per heavy atom. The average molecular weight is 845 g/mol. The summed E-state index contributed by atoms with van der Waals surface area (Å²) in [6, 6.07) is 35.6. The van der Waals surface area contributed by atoms with Crippen LogP contribution in [0, 0.1) is 31.3 Å². The molecule has 3 aromatic heterocycles. The van der Waals surface area contributed by atoms with E-state index in [1.165, 1.54) is 17.3 Å². The van der Waals surface area contributed by atoms with Gasteiger partial charge in [0.25, 0.3) is 0 Å². The summed E-state index contributed by atoms with van der Waals surface area (Å²) >= 11 is 0. The van der Waals surface area contributed by atoms with Crippen molar-refractivity contribution in [3.05, 3.63) is 138 Å². The number of hydrogen-bond donors (Lipinski definition) is 0. The van der Waals surface area contributed by atoms with Gasteiger partial charge < -0.3 is 14.4 Å². The Bertz CT molecular complexity index is 2430. The third-order valence-electron chi connectivity index (χ3n) is 7.91. The number of aromatic nitrogens is 2. The molecule has 4 aromatic carbocycles. The fraction of sp³-hybridized carbons (Fsp3) is 0.227. The van der Waals surface area contributed by atoms with Crippen LogP contribution in [-0.4, -0.2) is 18.0 Å². The SMILES string of the molecule is [2H]C([2H])([2H])c1c[c-]c(-c2cc(C([2H])([2H])C(C)(C)C)ccn2)c2oc3cc(-c4ccccc4)ccc3c12.[2H]C([2H])([2H])c1c[c-]c(-c2ccc([Si](C)(C)C)cn2)cc1.[Ir]. The van der Waals surface area contributed by atoms with Crippen molar-refractivity contribution < 1.29 is 35.5 Å². The summed E-state index contributed by atoms with van der Waals surface area (Å²) in [5.74, 6) is 0. The van der Waals surface area contributed by atoms with Gasteiger partial charge in [-0.05, 0) is 51.6 Å². The summed E-state index contributed by atoms with van der Waals surface area (Å²) in [4.78, 5) is 8.95. The van der Waals surface area contributed by atoms with E-state index >= 15 is 0 Å². The first-order chi connectivity index (χ1) is 26.1. The Labute approximate surface area is 317 Å². The standard InChI is InChI=1S/C29H26NO.C15H18NSi.Ir/c1-19-10-12-23(25-16-20(14-15-30-25)18-29(2,3)4)28-27(19)24-13-11-22(17-26(24)31-28)21-8-6-5-7-9-21;1-12-5-7-13(8-6-12)15-10-9-14(11-16-15)17(2,3)4;/h5-11,13-17H,18H2,1-4H3;5-7,9-11H,1-4H3;/q2*-1;/i1D3,18D2;1D3;. The second kappa shape index (κ2) is 14.8. The van der Waals surface area contributed by atoms with Gasteiger partial charge in [-0.15, -0.1) is 53.1 Å². The second-order valence-corrected chi connectivity index (χ2v) is 19.0. The smallest absolute Gasteiger partial charge is 0.121 e. The van der Waals surface area contributed by atoms with Crippen LogP contribution in [0.5, 0.6) is 0 Å². The summed E-state index contributed by atoms with van der Waals surface area (Å²) in [5, 5.41) is 2.51. The molecule has 1 radical (unpaired) electrons. The molecule has 0 aliphatic heterocycles. The first kappa shape index (κ1) is 26.7. The monoisotopic (exact) mass is 845 g/mol. The van der Waals surface area contributed by atoms with E-state index in [0.29, 0.717) is 44.3 Å². The molecule has 0 saturated carbocycles. The number of benzene rings is 4. The minimum Gasteiger partial charge on any atom is -0.501 e. The van der Waals surface area contributed by atoms with Crippen LogP contribution in [-0.2, 0) is 26.5 Å². The summed E-state index contributed by atoms with van der Waals surface area (Å²) in [7, 11) is -1.34. The molecule has 0 amide bonds. The summed E-state index contributed by atoms with van der Waals surface area (Å²) in [6.07, 6.45) is 1.88. The molecule has 7 rings (SSSR count). The maximum atomic E-state index is 8.68. The van der Waals surface area contributed by atoms with E-state index in [-0.39, 0.29) is 25.7 Å². The van der Waals surface area contributed by atoms with E-state index in [4.69, 9.17) is 15.4 Å². The normalized spacial score (nSPS) is 14.8. The Kier molecular flexibility index (Phi) is 8.04. The summed E-state index contributed by atoms with van der Waals surface area (Å²) in [5.41, 5.74) is 5.88. The number of hydrogen-bond acceptors (Lipinski definition) is 3. The van der Waals surface area contributed by atoms with Gasteiger partial charge in [-0.1, -0.05) is 131 Å². The quantitative estimate of drug-likeness (QED) is 0.128. The molecule has 0 spiro atoms. The number of nitrogens with zero attached hydrogens (tertiary/aromatic N) is 2. The van der Waals surface area contributed by atoms with Crippen LogP contribution >= 0.6 is 0 Å². The molecular formula is C44H44IrN2OSi-2. The molecule has 49 heavy (non-hydrogen) atoms. The van der Waals surface area contributed by atoms with Crippen molar-refractivity contribution in [2.45, 2.75) is 60.5 Å². The van der Waals surface area contributed by atoms with Gasteiger partial charge in [0.1, 0.15) is 5.58 Å². The average Bonchev–Trinajstić information content (AvgIpc) is 3.52. The molecule has 3 heterocycles. The number of aryl methyl sites for hydroxylation is 2. The Hall–Kier alpha value is -4.15. The fourth-order valence-electron chi connectivity index (χ4n) is 5.48. The summed E-state index contributed by atoms with van der Waals surface area (Å²) < 4.78 is 70.1. The van der Waals surface area contributed by atoms with Crippen LogP contribution in [0.15, 0.2) is 114 Å². The van der Waals surface area contributed by atoms with Gasteiger partial charge in [0.05, 0.1) is 13.7 Å². The molecule has 251 valence electrons. The molecule has 0 fully saturated rings. The maximum absolute atomic E-state index is 8.68. The number of pyridine rings is 2. The van der Waals surface area contributed by atoms with Gasteiger partial charge in [0, 0.05) is 48.9 Å². The van der Waals surface area contributed by atoms with Crippen LogP contribution in [0.2, 0.25) is 19.6 Å². The molecule has 0 saturated heterocycles. The van der Waals surface area contributed by atoms with Crippen LogP contribution in [0.3, 0.4) is 0 Å². The molecular weight excluding hydrogens is 793 g/mol. The Balaban J connectivity index is 0.000000251. The van der Waals surface area contributed by atoms with Gasteiger partial charge in [0.15, 0.2) is 0 Å². The molecule has 3 nitrogen and oxygen atoms in total. The zero-order valence-electron chi connectivity index (χ0n) is 36.5. The van der Waals surface area contributed by atoms with Crippen molar-refractivity contribution in [1.29, 1.82) is 0 Å². The topological polar surface area (TPSA) is 38.9 Å². The molecule has 0 aliphatic carbocycles. The predicted molar refractivity (Wildman–Crippen MR) is 205 cm³/mol. The zero-order valence-corrected chi connectivity index (χ0v) is 31.9. The third kappa shape index (κ3) is 8.54. The van der Waals surface area contributed by atoms with Gasteiger partial charge in [-0.2, -0.15) is 0 Å². The first-order valence-corrected chi connectivity index (χ1v) is 19.5. The second-order valence-electron chi connectivity index (χ2n) is 13.9. The van der Waals surface area contributed by atoms with Gasteiger partial charge in [-0.3, -0.25) is 0 Å². The van der Waals surface area contributed by atoms with E-state index in [9.17, 15) is 0 Å². The number of rotatable bonds is 5. The van der Waals surface area contributed by atoms with Crippen LogP contribution < -0.4 is 5.19 Å². The van der Waals surface area contributed by atoms with Gasteiger partial charge >= 0.3 is 0 Å². The van der Waals surface area contributed by atoms with Crippen molar-refractivity contribution in [2.24, 2.45) is 5.41 Å². The molecule has 0 N–H and O–H groups in total. The minimum atomic E-state index is -2.36. The Morgan fingerprint density at radius 2 is 1.63 bits per heavy atom. The first-order valence-electron chi connectivity index (χ1n) is 20.0. The summed E-state index contributed by atoms with van der Waals surface area (Å²) in [6.45, 7) is 7.96. The maximum Gasteiger partial charge on any atom is 0.121 e. The zero-order chi connectivity index (χ0) is 40.8. The van der Waals surface area contributed by atoms with E-state index in [0.717, 1.165) is 22.4 Å². The third-order valence-corrected chi connectivity index (χ3v) is 9.94. The van der Waals surface area contributed by atoms with Crippen molar-refractivity contribution in [3.63, 3.8) is 0 Å². The molecule has 0 unspecified atom stereocenters. The predicted octanol–water partition coefficient (Wildman–Crippen LogP) is 11.4. The molecule has 0 atom stereocenters. The van der Waals surface area contributed by atoms with E-state index < -0.39 is 33.6 Å². The van der Waals surface area contributed by atoms with Crippen LogP contribution in [0.1, 0.15) is 48.4 Å². The van der Waals surface area contributed by atoms with Gasteiger partial charge in [0.2, 0.25) is 0 Å². The largest absolute Gasteiger partial charge is 0.501 e. The Morgan fingerprint density at radius 3 is 2.29 bits per heavy atom. The number of fused-ring (bicyclic) bond motifs is 3. The van der Waals surface area contributed by atoms with Crippen molar-refractivity contribution >= 4 is 35.2 Å². The molecule has 7 aromatic rings. The number of furan rings is 1. The van der Waals surface area contributed by atoms with E-state index in [1.54, 1.807) is 30.5 Å². The minimum absolute atomic E-state index is 0. The fourth-order valence-corrected chi connectivity index (χ4v) is 6.52. The molecule has 5 heteroatoms. The van der Waals surface area contributed by atoms with Crippen molar-refractivity contribution in [3.8, 4) is 33.6 Å². The van der Waals surface area contributed by atoms with Crippen LogP contribution in [0.25, 0.3) is 55.6 Å². The van der Waals surface area contributed by atoms with Crippen molar-refractivity contribution in [2.75, 3.05) is 0 Å².